The Morgan fingerprint density at radius 3 is 2.82 bits per heavy atom. The molecule has 2 fully saturated rings. The molecule has 0 radical (unpaired) electrons. The van der Waals surface area contributed by atoms with Gasteiger partial charge in [-0.25, -0.2) is 4.79 Å². The Kier molecular flexibility index (Phi) is 2.63. The molecule has 2 unspecified atom stereocenters. The van der Waals surface area contributed by atoms with E-state index in [-0.39, 0.29) is 0 Å². The van der Waals surface area contributed by atoms with Crippen LogP contribution in [0.3, 0.4) is 0 Å². The zero-order chi connectivity index (χ0) is 11.8. The maximum atomic E-state index is 11.1. The maximum Gasteiger partial charge on any atom is 0.336 e. The number of hydrogen-bond donors (Lipinski definition) is 1. The Balaban J connectivity index is 1.79. The largest absolute Gasteiger partial charge is 0.478 e. The second-order valence-electron chi connectivity index (χ2n) is 5.22. The molecule has 1 aliphatic carbocycles. The normalized spacial score (nSPS) is 27.5. The molecule has 0 amide bonds. The van der Waals surface area contributed by atoms with Crippen molar-refractivity contribution >= 4 is 5.97 Å². The lowest BCUT2D eigenvalue weighted by Gasteiger charge is -2.27. The molecule has 2 atom stereocenters. The maximum absolute atomic E-state index is 11.1. The number of aromatic carboxylic acids is 1. The summed E-state index contributed by atoms with van der Waals surface area (Å²) in [6.07, 6.45) is 3.97. The molecule has 1 saturated heterocycles. The number of piperidine rings is 1. The van der Waals surface area contributed by atoms with Crippen LogP contribution in [0.5, 0.6) is 0 Å². The van der Waals surface area contributed by atoms with Gasteiger partial charge in [-0.1, -0.05) is 18.2 Å². The van der Waals surface area contributed by atoms with Crippen molar-refractivity contribution in [1.29, 1.82) is 0 Å². The number of fused-ring (bicyclic) bond motifs is 2. The molecule has 2 bridgehead atoms. The highest BCUT2D eigenvalue weighted by atomic mass is 16.4. The fourth-order valence-corrected chi connectivity index (χ4v) is 3.31. The van der Waals surface area contributed by atoms with Gasteiger partial charge in [0.2, 0.25) is 0 Å². The van der Waals surface area contributed by atoms with Crippen molar-refractivity contribution in [3.8, 4) is 0 Å². The van der Waals surface area contributed by atoms with Gasteiger partial charge in [-0.3, -0.25) is 4.90 Å². The van der Waals surface area contributed by atoms with Gasteiger partial charge in [-0.05, 0) is 36.8 Å². The Morgan fingerprint density at radius 2 is 2.18 bits per heavy atom. The van der Waals surface area contributed by atoms with Gasteiger partial charge in [0.1, 0.15) is 0 Å². The number of carbonyl (C=O) groups is 1. The summed E-state index contributed by atoms with van der Waals surface area (Å²) in [5.74, 6) is 0.0435. The third-order valence-electron chi connectivity index (χ3n) is 4.14. The number of likely N-dealkylation sites (tertiary alicyclic amines) is 1. The number of benzene rings is 1. The van der Waals surface area contributed by atoms with Crippen LogP contribution in [0.25, 0.3) is 0 Å². The summed E-state index contributed by atoms with van der Waals surface area (Å²) < 4.78 is 0. The third kappa shape index (κ3) is 1.95. The number of rotatable bonds is 3. The van der Waals surface area contributed by atoms with Gasteiger partial charge in [0.05, 0.1) is 5.56 Å². The molecular weight excluding hydrogens is 214 g/mol. The summed E-state index contributed by atoms with van der Waals surface area (Å²) >= 11 is 0. The van der Waals surface area contributed by atoms with Crippen molar-refractivity contribution in [2.24, 2.45) is 5.92 Å². The van der Waals surface area contributed by atoms with Crippen LogP contribution in [-0.2, 0) is 6.54 Å². The van der Waals surface area contributed by atoms with Gasteiger partial charge >= 0.3 is 5.97 Å². The predicted molar refractivity (Wildman–Crippen MR) is 64.9 cm³/mol. The zero-order valence-corrected chi connectivity index (χ0v) is 9.80. The van der Waals surface area contributed by atoms with Crippen LogP contribution in [0.2, 0.25) is 0 Å². The minimum atomic E-state index is -0.815. The van der Waals surface area contributed by atoms with Crippen LogP contribution in [0.4, 0.5) is 0 Å². The van der Waals surface area contributed by atoms with Crippen LogP contribution in [0.15, 0.2) is 24.3 Å². The summed E-state index contributed by atoms with van der Waals surface area (Å²) in [4.78, 5) is 13.6. The Bertz CT molecular complexity index is 444. The smallest absolute Gasteiger partial charge is 0.336 e. The Morgan fingerprint density at radius 1 is 1.35 bits per heavy atom. The first-order valence-electron chi connectivity index (χ1n) is 6.29. The molecule has 3 nitrogen and oxygen atoms in total. The summed E-state index contributed by atoms with van der Waals surface area (Å²) in [5, 5.41) is 9.15. The molecule has 90 valence electrons. The molecule has 2 aliphatic rings. The lowest BCUT2D eigenvalue weighted by Crippen LogP contribution is -2.31. The van der Waals surface area contributed by atoms with Crippen LogP contribution < -0.4 is 0 Å². The van der Waals surface area contributed by atoms with Crippen LogP contribution in [0.1, 0.15) is 35.2 Å². The molecule has 1 heterocycles. The van der Waals surface area contributed by atoms with E-state index in [1.807, 2.05) is 12.1 Å². The molecule has 0 spiro atoms. The molecule has 3 heteroatoms. The van der Waals surface area contributed by atoms with Crippen molar-refractivity contribution in [3.05, 3.63) is 35.4 Å². The number of carboxylic acids is 1. The fourth-order valence-electron chi connectivity index (χ4n) is 3.31. The van der Waals surface area contributed by atoms with E-state index in [4.69, 9.17) is 5.11 Å². The average molecular weight is 231 g/mol. The molecule has 3 rings (SSSR count). The summed E-state index contributed by atoms with van der Waals surface area (Å²) in [5.41, 5.74) is 1.41. The molecule has 17 heavy (non-hydrogen) atoms. The van der Waals surface area contributed by atoms with Gasteiger partial charge in [-0.2, -0.15) is 0 Å². The van der Waals surface area contributed by atoms with E-state index in [9.17, 15) is 4.79 Å². The standard InChI is InChI=1S/C14H17NO2/c16-14(17)13-4-2-1-3-11(13)9-15-8-10-5-6-12(15)7-10/h1-4,10,12H,5-9H2,(H,16,17). The number of hydrogen-bond acceptors (Lipinski definition) is 2. The number of nitrogens with zero attached hydrogens (tertiary/aromatic N) is 1. The van der Waals surface area contributed by atoms with Crippen LogP contribution in [0, 0.1) is 5.92 Å². The topological polar surface area (TPSA) is 40.5 Å². The van der Waals surface area contributed by atoms with Gasteiger partial charge in [0.15, 0.2) is 0 Å². The van der Waals surface area contributed by atoms with E-state index < -0.39 is 5.97 Å². The van der Waals surface area contributed by atoms with Gasteiger partial charge in [0, 0.05) is 19.1 Å². The zero-order valence-electron chi connectivity index (χ0n) is 9.80. The van der Waals surface area contributed by atoms with Crippen molar-refractivity contribution in [2.75, 3.05) is 6.54 Å². The summed E-state index contributed by atoms with van der Waals surface area (Å²) in [7, 11) is 0. The van der Waals surface area contributed by atoms with E-state index in [2.05, 4.69) is 4.90 Å². The van der Waals surface area contributed by atoms with E-state index in [1.165, 1.54) is 19.3 Å². The highest BCUT2D eigenvalue weighted by Crippen LogP contribution is 2.38. The SMILES string of the molecule is O=C(O)c1ccccc1CN1CC2CCC1C2. The Hall–Kier alpha value is -1.35. The second kappa shape index (κ2) is 4.15. The minimum absolute atomic E-state index is 0.454. The quantitative estimate of drug-likeness (QED) is 0.868. The van der Waals surface area contributed by atoms with Crippen molar-refractivity contribution < 1.29 is 9.90 Å². The highest BCUT2D eigenvalue weighted by Gasteiger charge is 2.37. The fraction of sp³-hybridized carbons (Fsp3) is 0.500. The second-order valence-corrected chi connectivity index (χ2v) is 5.22. The molecule has 0 aromatic heterocycles. The third-order valence-corrected chi connectivity index (χ3v) is 4.14. The molecule has 1 aromatic rings. The molecular formula is C14H17NO2. The van der Waals surface area contributed by atoms with Gasteiger partial charge in [0.25, 0.3) is 0 Å². The van der Waals surface area contributed by atoms with Crippen molar-refractivity contribution in [2.45, 2.75) is 31.8 Å². The summed E-state index contributed by atoms with van der Waals surface area (Å²) in [6, 6.07) is 8.06. The molecule has 1 aromatic carbocycles. The Labute approximate surface area is 101 Å². The number of carboxylic acid groups (broad SMARTS) is 1. The average Bonchev–Trinajstić information content (AvgIpc) is 2.91. The van der Waals surface area contributed by atoms with E-state index >= 15 is 0 Å². The van der Waals surface area contributed by atoms with Crippen LogP contribution >= 0.6 is 0 Å². The predicted octanol–water partition coefficient (Wildman–Crippen LogP) is 2.37. The van der Waals surface area contributed by atoms with Crippen molar-refractivity contribution in [1.82, 2.24) is 4.90 Å². The highest BCUT2D eigenvalue weighted by molar-refractivity contribution is 5.89. The summed E-state index contributed by atoms with van der Waals surface area (Å²) in [6.45, 7) is 1.95. The molecule has 1 aliphatic heterocycles. The molecule has 1 N–H and O–H groups in total. The van der Waals surface area contributed by atoms with Gasteiger partial charge in [-0.15, -0.1) is 0 Å². The lowest BCUT2D eigenvalue weighted by atomic mass is 10.1. The van der Waals surface area contributed by atoms with E-state index in [0.717, 1.165) is 24.6 Å². The first-order valence-corrected chi connectivity index (χ1v) is 6.29. The molecule has 1 saturated carbocycles. The van der Waals surface area contributed by atoms with E-state index in [1.54, 1.807) is 12.1 Å². The van der Waals surface area contributed by atoms with Gasteiger partial charge < -0.3 is 5.11 Å². The van der Waals surface area contributed by atoms with Crippen LogP contribution in [-0.4, -0.2) is 28.6 Å². The van der Waals surface area contributed by atoms with E-state index in [0.29, 0.717) is 11.6 Å². The monoisotopic (exact) mass is 231 g/mol. The van der Waals surface area contributed by atoms with Crippen molar-refractivity contribution in [3.63, 3.8) is 0 Å². The minimum Gasteiger partial charge on any atom is -0.478 e. The first kappa shape index (κ1) is 10.8. The first-order chi connectivity index (χ1) is 8.24. The lowest BCUT2D eigenvalue weighted by molar-refractivity contribution is 0.0694.